The van der Waals surface area contributed by atoms with E-state index in [0.717, 1.165) is 12.8 Å². The van der Waals surface area contributed by atoms with Gasteiger partial charge in [-0.3, -0.25) is 9.69 Å². The molecular weight excluding hydrogens is 186 g/mol. The molecule has 0 atom stereocenters. The van der Waals surface area contributed by atoms with E-state index in [9.17, 15) is 4.79 Å². The van der Waals surface area contributed by atoms with E-state index in [1.54, 1.807) is 0 Å². The fourth-order valence-electron chi connectivity index (χ4n) is 2.76. The molecule has 15 heavy (non-hydrogen) atoms. The zero-order chi connectivity index (χ0) is 10.7. The molecule has 0 radical (unpaired) electrons. The van der Waals surface area contributed by atoms with Crippen LogP contribution in [0.1, 0.15) is 51.4 Å². The first-order valence-corrected chi connectivity index (χ1v) is 6.50. The molecule has 0 heterocycles. The van der Waals surface area contributed by atoms with Gasteiger partial charge in [-0.2, -0.15) is 0 Å². The number of likely N-dealkylation sites (N-methyl/N-ethyl adjacent to an activating group) is 1. The molecule has 0 aromatic rings. The van der Waals surface area contributed by atoms with Crippen molar-refractivity contribution in [1.82, 2.24) is 4.90 Å². The lowest BCUT2D eigenvalue weighted by Gasteiger charge is -2.35. The maximum Gasteiger partial charge on any atom is 0.149 e. The number of carbonyl (C=O) groups excluding carboxylic acids is 1. The molecule has 2 heteroatoms. The van der Waals surface area contributed by atoms with E-state index in [2.05, 4.69) is 11.9 Å². The number of ketones is 1. The standard InChI is InChI=1S/C13H23NO/c1-14(12-8-5-9-12)10-13(15)11-6-3-2-4-7-11/h11-12H,2-10H2,1H3. The summed E-state index contributed by atoms with van der Waals surface area (Å²) in [5.41, 5.74) is 0. The van der Waals surface area contributed by atoms with E-state index in [-0.39, 0.29) is 0 Å². The van der Waals surface area contributed by atoms with Crippen LogP contribution in [0.3, 0.4) is 0 Å². The lowest BCUT2D eigenvalue weighted by molar-refractivity contribution is -0.125. The second-order valence-corrected chi connectivity index (χ2v) is 5.30. The van der Waals surface area contributed by atoms with E-state index >= 15 is 0 Å². The Balaban J connectivity index is 1.74. The fourth-order valence-corrected chi connectivity index (χ4v) is 2.76. The van der Waals surface area contributed by atoms with E-state index in [1.165, 1.54) is 38.5 Å². The van der Waals surface area contributed by atoms with E-state index in [1.807, 2.05) is 0 Å². The molecule has 2 aliphatic carbocycles. The minimum atomic E-state index is 0.390. The molecule has 0 saturated heterocycles. The van der Waals surface area contributed by atoms with E-state index in [0.29, 0.717) is 24.3 Å². The highest BCUT2D eigenvalue weighted by Crippen LogP contribution is 2.27. The van der Waals surface area contributed by atoms with Gasteiger partial charge in [0.05, 0.1) is 6.54 Å². The molecule has 86 valence electrons. The van der Waals surface area contributed by atoms with Crippen molar-refractivity contribution in [2.75, 3.05) is 13.6 Å². The van der Waals surface area contributed by atoms with Gasteiger partial charge in [0, 0.05) is 12.0 Å². The van der Waals surface area contributed by atoms with Gasteiger partial charge in [0.25, 0.3) is 0 Å². The summed E-state index contributed by atoms with van der Waals surface area (Å²) in [6, 6.07) is 0.706. The van der Waals surface area contributed by atoms with Crippen LogP contribution >= 0.6 is 0 Å². The lowest BCUT2D eigenvalue weighted by atomic mass is 9.85. The molecule has 0 aliphatic heterocycles. The van der Waals surface area contributed by atoms with Crippen molar-refractivity contribution in [1.29, 1.82) is 0 Å². The number of nitrogens with zero attached hydrogens (tertiary/aromatic N) is 1. The predicted molar refractivity (Wildman–Crippen MR) is 61.9 cm³/mol. The summed E-state index contributed by atoms with van der Waals surface area (Å²) in [5.74, 6) is 0.894. The Bertz CT molecular complexity index is 217. The van der Waals surface area contributed by atoms with Crippen LogP contribution in [0.4, 0.5) is 0 Å². The number of carbonyl (C=O) groups is 1. The Morgan fingerprint density at radius 3 is 2.27 bits per heavy atom. The van der Waals surface area contributed by atoms with Gasteiger partial charge >= 0.3 is 0 Å². The second-order valence-electron chi connectivity index (χ2n) is 5.30. The minimum Gasteiger partial charge on any atom is -0.298 e. The SMILES string of the molecule is CN(CC(=O)C1CCCCC1)C1CCC1. The Kier molecular flexibility index (Phi) is 3.79. The van der Waals surface area contributed by atoms with Crippen LogP contribution in [0.25, 0.3) is 0 Å². The largest absolute Gasteiger partial charge is 0.298 e. The molecule has 0 N–H and O–H groups in total. The summed E-state index contributed by atoms with van der Waals surface area (Å²) in [5, 5.41) is 0. The van der Waals surface area contributed by atoms with Crippen molar-refractivity contribution < 1.29 is 4.79 Å². The molecule has 0 spiro atoms. The molecular formula is C13H23NO. The zero-order valence-corrected chi connectivity index (χ0v) is 9.87. The average Bonchev–Trinajstić information content (AvgIpc) is 2.16. The van der Waals surface area contributed by atoms with Crippen LogP contribution in [0.5, 0.6) is 0 Å². The van der Waals surface area contributed by atoms with Gasteiger partial charge in [-0.1, -0.05) is 25.7 Å². The van der Waals surface area contributed by atoms with Crippen molar-refractivity contribution in [3.8, 4) is 0 Å². The van der Waals surface area contributed by atoms with E-state index < -0.39 is 0 Å². The Morgan fingerprint density at radius 1 is 1.07 bits per heavy atom. The van der Waals surface area contributed by atoms with Crippen LogP contribution in [0, 0.1) is 5.92 Å². The summed E-state index contributed by atoms with van der Waals surface area (Å²) >= 11 is 0. The van der Waals surface area contributed by atoms with Gasteiger partial charge in [-0.05, 0) is 32.7 Å². The van der Waals surface area contributed by atoms with Crippen LogP contribution in [0.15, 0.2) is 0 Å². The quantitative estimate of drug-likeness (QED) is 0.709. The van der Waals surface area contributed by atoms with Crippen LogP contribution in [-0.2, 0) is 4.79 Å². The molecule has 2 rings (SSSR count). The number of Topliss-reactive ketones (excluding diaryl/α,β-unsaturated/α-hetero) is 1. The normalized spacial score (nSPS) is 24.1. The zero-order valence-electron chi connectivity index (χ0n) is 9.87. The maximum atomic E-state index is 12.0. The summed E-state index contributed by atoms with van der Waals surface area (Å²) in [6.07, 6.45) is 10.1. The molecule has 0 unspecified atom stereocenters. The molecule has 2 aliphatic rings. The summed E-state index contributed by atoms with van der Waals surface area (Å²) in [7, 11) is 2.12. The van der Waals surface area contributed by atoms with Crippen LogP contribution < -0.4 is 0 Å². The van der Waals surface area contributed by atoms with E-state index in [4.69, 9.17) is 0 Å². The average molecular weight is 209 g/mol. The Labute approximate surface area is 93.0 Å². The highest BCUT2D eigenvalue weighted by molar-refractivity contribution is 5.83. The highest BCUT2D eigenvalue weighted by Gasteiger charge is 2.26. The molecule has 0 aromatic carbocycles. The summed E-state index contributed by atoms with van der Waals surface area (Å²) in [6.45, 7) is 0.704. The van der Waals surface area contributed by atoms with Gasteiger partial charge in [-0.15, -0.1) is 0 Å². The highest BCUT2D eigenvalue weighted by atomic mass is 16.1. The first-order valence-electron chi connectivity index (χ1n) is 6.50. The third kappa shape index (κ3) is 2.81. The van der Waals surface area contributed by atoms with Gasteiger partial charge in [0.15, 0.2) is 0 Å². The molecule has 2 nitrogen and oxygen atoms in total. The third-order valence-electron chi connectivity index (χ3n) is 4.16. The van der Waals surface area contributed by atoms with Crippen molar-refractivity contribution in [3.63, 3.8) is 0 Å². The molecule has 2 fully saturated rings. The number of rotatable bonds is 4. The van der Waals surface area contributed by atoms with Gasteiger partial charge in [-0.25, -0.2) is 0 Å². The lowest BCUT2D eigenvalue weighted by Crippen LogP contribution is -2.41. The number of hydrogen-bond donors (Lipinski definition) is 0. The van der Waals surface area contributed by atoms with Gasteiger partial charge in [0.2, 0.25) is 0 Å². The minimum absolute atomic E-state index is 0.390. The third-order valence-corrected chi connectivity index (χ3v) is 4.16. The van der Waals surface area contributed by atoms with Gasteiger partial charge in [0.1, 0.15) is 5.78 Å². The summed E-state index contributed by atoms with van der Waals surface area (Å²) in [4.78, 5) is 14.3. The monoisotopic (exact) mass is 209 g/mol. The van der Waals surface area contributed by atoms with Gasteiger partial charge < -0.3 is 0 Å². The van der Waals surface area contributed by atoms with Crippen LogP contribution in [0.2, 0.25) is 0 Å². The molecule has 0 amide bonds. The van der Waals surface area contributed by atoms with Crippen LogP contribution in [-0.4, -0.2) is 30.3 Å². The molecule has 2 saturated carbocycles. The second kappa shape index (κ2) is 5.11. The fraction of sp³-hybridized carbons (Fsp3) is 0.923. The molecule has 0 aromatic heterocycles. The Hall–Kier alpha value is -0.370. The predicted octanol–water partition coefficient (Wildman–Crippen LogP) is 2.62. The maximum absolute atomic E-state index is 12.0. The topological polar surface area (TPSA) is 20.3 Å². The smallest absolute Gasteiger partial charge is 0.149 e. The van der Waals surface area contributed by atoms with Crippen molar-refractivity contribution in [2.24, 2.45) is 5.92 Å². The first kappa shape index (κ1) is 11.1. The molecule has 0 bridgehead atoms. The summed E-state index contributed by atoms with van der Waals surface area (Å²) < 4.78 is 0. The number of hydrogen-bond acceptors (Lipinski definition) is 2. The van der Waals surface area contributed by atoms with Crippen molar-refractivity contribution in [2.45, 2.75) is 57.4 Å². The van der Waals surface area contributed by atoms with Crippen molar-refractivity contribution >= 4 is 5.78 Å². The Morgan fingerprint density at radius 2 is 1.73 bits per heavy atom. The van der Waals surface area contributed by atoms with Crippen molar-refractivity contribution in [3.05, 3.63) is 0 Å². The first-order chi connectivity index (χ1) is 7.27.